The molecule has 0 radical (unpaired) electrons. The molecular formula is C17H20N2O4S. The van der Waals surface area contributed by atoms with E-state index in [2.05, 4.69) is 4.72 Å². The fourth-order valence-electron chi connectivity index (χ4n) is 3.05. The van der Waals surface area contributed by atoms with Gasteiger partial charge in [-0.05, 0) is 29.3 Å². The molecule has 1 saturated heterocycles. The van der Waals surface area contributed by atoms with Gasteiger partial charge in [0.15, 0.2) is 0 Å². The standard InChI is InChI=1S/C17H20N2O4S/c1-2-18-24(22,23)14-7-8-19(11-14)17(21)15-9-12-5-3-4-6-13(12)10-16(15)20/h3-6,9-10,14,18,20H,2,7-8,11H2,1H3/t14-/m0/s1. The van der Waals surface area contributed by atoms with Crippen molar-refractivity contribution in [2.24, 2.45) is 0 Å². The van der Waals surface area contributed by atoms with E-state index in [0.717, 1.165) is 10.8 Å². The molecule has 24 heavy (non-hydrogen) atoms. The molecule has 0 bridgehead atoms. The van der Waals surface area contributed by atoms with Crippen molar-refractivity contribution in [1.82, 2.24) is 9.62 Å². The van der Waals surface area contributed by atoms with E-state index in [1.165, 1.54) is 4.90 Å². The van der Waals surface area contributed by atoms with Crippen molar-refractivity contribution in [2.75, 3.05) is 19.6 Å². The van der Waals surface area contributed by atoms with Crippen LogP contribution >= 0.6 is 0 Å². The molecular weight excluding hydrogens is 328 g/mol. The van der Waals surface area contributed by atoms with E-state index in [1.54, 1.807) is 19.1 Å². The molecule has 0 aromatic heterocycles. The van der Waals surface area contributed by atoms with Gasteiger partial charge < -0.3 is 10.0 Å². The number of likely N-dealkylation sites (tertiary alicyclic amines) is 1. The van der Waals surface area contributed by atoms with Gasteiger partial charge in [0.05, 0.1) is 10.8 Å². The van der Waals surface area contributed by atoms with Crippen LogP contribution in [0.2, 0.25) is 0 Å². The molecule has 2 N–H and O–H groups in total. The van der Waals surface area contributed by atoms with Gasteiger partial charge >= 0.3 is 0 Å². The average molecular weight is 348 g/mol. The maximum Gasteiger partial charge on any atom is 0.257 e. The van der Waals surface area contributed by atoms with Crippen LogP contribution in [0.1, 0.15) is 23.7 Å². The number of hydrogen-bond donors (Lipinski definition) is 2. The number of aromatic hydroxyl groups is 1. The second-order valence-corrected chi connectivity index (χ2v) is 7.97. The Labute approximate surface area is 141 Å². The van der Waals surface area contributed by atoms with Crippen LogP contribution < -0.4 is 4.72 Å². The van der Waals surface area contributed by atoms with E-state index >= 15 is 0 Å². The molecule has 128 valence electrons. The Morgan fingerprint density at radius 3 is 2.62 bits per heavy atom. The molecule has 7 heteroatoms. The Bertz CT molecular complexity index is 879. The predicted octanol–water partition coefficient (Wildman–Crippen LogP) is 1.70. The predicted molar refractivity (Wildman–Crippen MR) is 92.5 cm³/mol. The quantitative estimate of drug-likeness (QED) is 0.880. The van der Waals surface area contributed by atoms with Crippen LogP contribution in [-0.2, 0) is 10.0 Å². The third-order valence-corrected chi connectivity index (χ3v) is 6.26. The van der Waals surface area contributed by atoms with Crippen molar-refractivity contribution >= 4 is 26.7 Å². The number of sulfonamides is 1. The zero-order valence-corrected chi connectivity index (χ0v) is 14.2. The van der Waals surface area contributed by atoms with Crippen molar-refractivity contribution in [1.29, 1.82) is 0 Å². The number of fused-ring (bicyclic) bond motifs is 1. The van der Waals surface area contributed by atoms with E-state index in [0.29, 0.717) is 19.5 Å². The van der Waals surface area contributed by atoms with Crippen molar-refractivity contribution in [2.45, 2.75) is 18.6 Å². The summed E-state index contributed by atoms with van der Waals surface area (Å²) in [6.07, 6.45) is 0.398. The fraction of sp³-hybridized carbons (Fsp3) is 0.353. The zero-order valence-electron chi connectivity index (χ0n) is 13.4. The average Bonchev–Trinajstić information content (AvgIpc) is 3.04. The molecule has 1 fully saturated rings. The van der Waals surface area contributed by atoms with Crippen LogP contribution in [-0.4, -0.2) is 49.2 Å². The fourth-order valence-corrected chi connectivity index (χ4v) is 4.48. The second-order valence-electron chi connectivity index (χ2n) is 5.92. The lowest BCUT2D eigenvalue weighted by atomic mass is 10.1. The third kappa shape index (κ3) is 3.09. The SMILES string of the molecule is CCNS(=O)(=O)[C@H]1CCN(C(=O)c2cc3ccccc3cc2O)C1. The molecule has 0 spiro atoms. The van der Waals surface area contributed by atoms with Gasteiger partial charge in [0, 0.05) is 19.6 Å². The molecule has 1 amide bonds. The lowest BCUT2D eigenvalue weighted by Gasteiger charge is -2.18. The Balaban J connectivity index is 1.84. The molecule has 0 unspecified atom stereocenters. The Morgan fingerprint density at radius 1 is 1.29 bits per heavy atom. The van der Waals surface area contributed by atoms with E-state index in [9.17, 15) is 18.3 Å². The summed E-state index contributed by atoms with van der Waals surface area (Å²) >= 11 is 0. The first-order chi connectivity index (χ1) is 11.4. The Morgan fingerprint density at radius 2 is 1.96 bits per heavy atom. The second kappa shape index (κ2) is 6.41. The van der Waals surface area contributed by atoms with E-state index in [4.69, 9.17) is 0 Å². The highest BCUT2D eigenvalue weighted by Crippen LogP contribution is 2.28. The highest BCUT2D eigenvalue weighted by Gasteiger charge is 2.35. The third-order valence-electron chi connectivity index (χ3n) is 4.31. The maximum atomic E-state index is 12.7. The number of nitrogens with one attached hydrogen (secondary N) is 1. The molecule has 1 atom stereocenters. The normalized spacial score (nSPS) is 18.2. The number of carbonyl (C=O) groups is 1. The van der Waals surface area contributed by atoms with Crippen LogP contribution in [0.5, 0.6) is 5.75 Å². The highest BCUT2D eigenvalue weighted by molar-refractivity contribution is 7.90. The molecule has 2 aromatic carbocycles. The zero-order chi connectivity index (χ0) is 17.3. The van der Waals surface area contributed by atoms with E-state index < -0.39 is 15.3 Å². The minimum absolute atomic E-state index is 0.0864. The molecule has 1 aliphatic heterocycles. The first-order valence-electron chi connectivity index (χ1n) is 7.92. The summed E-state index contributed by atoms with van der Waals surface area (Å²) in [6, 6.07) is 10.7. The molecule has 1 heterocycles. The first kappa shape index (κ1) is 16.7. The minimum Gasteiger partial charge on any atom is -0.507 e. The van der Waals surface area contributed by atoms with E-state index in [1.807, 2.05) is 24.3 Å². The van der Waals surface area contributed by atoms with Gasteiger partial charge in [-0.25, -0.2) is 13.1 Å². The van der Waals surface area contributed by atoms with Crippen LogP contribution in [0.4, 0.5) is 0 Å². The number of carbonyl (C=O) groups excluding carboxylic acids is 1. The molecule has 0 saturated carbocycles. The Kier molecular flexibility index (Phi) is 4.47. The van der Waals surface area contributed by atoms with Gasteiger partial charge in [-0.1, -0.05) is 31.2 Å². The summed E-state index contributed by atoms with van der Waals surface area (Å²) < 4.78 is 26.6. The van der Waals surface area contributed by atoms with Gasteiger partial charge in [0.2, 0.25) is 10.0 Å². The van der Waals surface area contributed by atoms with Gasteiger partial charge in [0.25, 0.3) is 5.91 Å². The summed E-state index contributed by atoms with van der Waals surface area (Å²) in [7, 11) is -3.41. The first-order valence-corrected chi connectivity index (χ1v) is 9.46. The number of hydrogen-bond acceptors (Lipinski definition) is 4. The summed E-state index contributed by atoms with van der Waals surface area (Å²) in [5.41, 5.74) is 0.204. The lowest BCUT2D eigenvalue weighted by Crippen LogP contribution is -2.37. The number of rotatable bonds is 4. The number of benzene rings is 2. The monoisotopic (exact) mass is 348 g/mol. The number of phenols is 1. The van der Waals surface area contributed by atoms with Crippen molar-refractivity contribution < 1.29 is 18.3 Å². The van der Waals surface area contributed by atoms with Crippen LogP contribution in [0.15, 0.2) is 36.4 Å². The Hall–Kier alpha value is -2.12. The van der Waals surface area contributed by atoms with Crippen LogP contribution in [0.3, 0.4) is 0 Å². The largest absolute Gasteiger partial charge is 0.507 e. The smallest absolute Gasteiger partial charge is 0.257 e. The maximum absolute atomic E-state index is 12.7. The molecule has 1 aliphatic rings. The van der Waals surface area contributed by atoms with Gasteiger partial charge in [-0.15, -0.1) is 0 Å². The van der Waals surface area contributed by atoms with Crippen LogP contribution in [0.25, 0.3) is 10.8 Å². The minimum atomic E-state index is -3.41. The molecule has 6 nitrogen and oxygen atoms in total. The van der Waals surface area contributed by atoms with Gasteiger partial charge in [-0.3, -0.25) is 4.79 Å². The lowest BCUT2D eigenvalue weighted by molar-refractivity contribution is 0.0790. The summed E-state index contributed by atoms with van der Waals surface area (Å²) in [4.78, 5) is 14.2. The van der Waals surface area contributed by atoms with Crippen molar-refractivity contribution in [3.63, 3.8) is 0 Å². The summed E-state index contributed by atoms with van der Waals surface area (Å²) in [6.45, 7) is 2.56. The van der Waals surface area contributed by atoms with E-state index in [-0.39, 0.29) is 23.8 Å². The number of nitrogens with zero attached hydrogens (tertiary/aromatic N) is 1. The van der Waals surface area contributed by atoms with Crippen LogP contribution in [0, 0.1) is 0 Å². The van der Waals surface area contributed by atoms with Gasteiger partial charge in [-0.2, -0.15) is 0 Å². The molecule has 3 rings (SSSR count). The van der Waals surface area contributed by atoms with Crippen molar-refractivity contribution in [3.8, 4) is 5.75 Å². The summed E-state index contributed by atoms with van der Waals surface area (Å²) in [5, 5.41) is 11.3. The topological polar surface area (TPSA) is 86.7 Å². The summed E-state index contributed by atoms with van der Waals surface area (Å²) in [5.74, 6) is -0.427. The molecule has 2 aromatic rings. The molecule has 0 aliphatic carbocycles. The number of amides is 1. The van der Waals surface area contributed by atoms with Crippen molar-refractivity contribution in [3.05, 3.63) is 42.0 Å². The van der Waals surface area contributed by atoms with Gasteiger partial charge in [0.1, 0.15) is 5.75 Å². The highest BCUT2D eigenvalue weighted by atomic mass is 32.2. The number of phenolic OH excluding ortho intramolecular Hbond substituents is 1.